The van der Waals surface area contributed by atoms with Gasteiger partial charge in [-0.3, -0.25) is 9.59 Å². The highest BCUT2D eigenvalue weighted by Crippen LogP contribution is 2.11. The number of halogens is 1. The van der Waals surface area contributed by atoms with Crippen LogP contribution in [0.5, 0.6) is 0 Å². The molecule has 2 amide bonds. The van der Waals surface area contributed by atoms with Gasteiger partial charge in [0.1, 0.15) is 0 Å². The van der Waals surface area contributed by atoms with Crippen LogP contribution in [-0.4, -0.2) is 23.9 Å². The van der Waals surface area contributed by atoms with E-state index in [2.05, 4.69) is 26.6 Å². The van der Waals surface area contributed by atoms with Gasteiger partial charge in [-0.25, -0.2) is 0 Å². The summed E-state index contributed by atoms with van der Waals surface area (Å²) in [5.41, 5.74) is 0.273. The molecule has 1 aromatic carbocycles. The number of carbonyl (C=O) groups excluding carboxylic acids is 2. The van der Waals surface area contributed by atoms with Crippen molar-refractivity contribution in [3.05, 3.63) is 34.3 Å². The van der Waals surface area contributed by atoms with Crippen LogP contribution in [0.1, 0.15) is 37.6 Å². The molecule has 1 rings (SSSR count). The Morgan fingerprint density at radius 1 is 1.32 bits per heavy atom. The molecule has 0 saturated carbocycles. The largest absolute Gasteiger partial charge is 0.350 e. The summed E-state index contributed by atoms with van der Waals surface area (Å²) in [6.07, 6.45) is 0.832. The zero-order valence-corrected chi connectivity index (χ0v) is 13.0. The third-order valence-corrected chi connectivity index (χ3v) is 3.35. The lowest BCUT2D eigenvalue weighted by Gasteiger charge is -2.24. The maximum Gasteiger partial charge on any atom is 0.251 e. The first-order chi connectivity index (χ1) is 8.84. The van der Waals surface area contributed by atoms with E-state index in [0.29, 0.717) is 5.56 Å². The van der Waals surface area contributed by atoms with Gasteiger partial charge in [-0.05, 0) is 38.5 Å². The average molecular weight is 327 g/mol. The van der Waals surface area contributed by atoms with Gasteiger partial charge in [0.2, 0.25) is 5.91 Å². The van der Waals surface area contributed by atoms with Crippen LogP contribution in [0.4, 0.5) is 0 Å². The molecule has 104 valence electrons. The second-order valence-corrected chi connectivity index (χ2v) is 5.89. The van der Waals surface area contributed by atoms with Crippen LogP contribution in [0.15, 0.2) is 28.7 Å². The summed E-state index contributed by atoms with van der Waals surface area (Å²) < 4.78 is 0.830. The van der Waals surface area contributed by atoms with Gasteiger partial charge >= 0.3 is 0 Å². The van der Waals surface area contributed by atoms with Gasteiger partial charge in [-0.1, -0.05) is 28.9 Å². The minimum atomic E-state index is -0.259. The van der Waals surface area contributed by atoms with Crippen molar-refractivity contribution in [3.8, 4) is 0 Å². The summed E-state index contributed by atoms with van der Waals surface area (Å²) in [6, 6.07) is 7.03. The second-order valence-electron chi connectivity index (χ2n) is 4.98. The van der Waals surface area contributed by atoms with E-state index < -0.39 is 0 Å². The van der Waals surface area contributed by atoms with Gasteiger partial charge in [-0.15, -0.1) is 0 Å². The Labute approximate surface area is 122 Å². The fraction of sp³-hybridized carbons (Fsp3) is 0.429. The van der Waals surface area contributed by atoms with Gasteiger partial charge in [-0.2, -0.15) is 0 Å². The summed E-state index contributed by atoms with van der Waals surface area (Å²) >= 11 is 3.30. The Morgan fingerprint density at radius 2 is 2.00 bits per heavy atom. The van der Waals surface area contributed by atoms with Crippen LogP contribution in [0.3, 0.4) is 0 Å². The Morgan fingerprint density at radius 3 is 2.58 bits per heavy atom. The molecule has 0 radical (unpaired) electrons. The molecular formula is C14H19BrN2O2. The van der Waals surface area contributed by atoms with Crippen molar-refractivity contribution in [2.24, 2.45) is 0 Å². The summed E-state index contributed by atoms with van der Waals surface area (Å²) in [4.78, 5) is 23.5. The fourth-order valence-electron chi connectivity index (χ4n) is 1.40. The van der Waals surface area contributed by atoms with Crippen LogP contribution in [0.2, 0.25) is 0 Å². The molecule has 2 N–H and O–H groups in total. The van der Waals surface area contributed by atoms with E-state index in [-0.39, 0.29) is 23.9 Å². The quantitative estimate of drug-likeness (QED) is 0.873. The molecular weight excluding hydrogens is 308 g/mol. The van der Waals surface area contributed by atoms with E-state index in [4.69, 9.17) is 0 Å². The van der Waals surface area contributed by atoms with Crippen molar-refractivity contribution < 1.29 is 9.59 Å². The number of carbonyl (C=O) groups is 2. The Balaban J connectivity index is 2.49. The number of rotatable bonds is 5. The molecule has 0 bridgehead atoms. The maximum atomic E-state index is 11.8. The van der Waals surface area contributed by atoms with E-state index in [9.17, 15) is 9.59 Å². The Hall–Kier alpha value is -1.36. The van der Waals surface area contributed by atoms with E-state index in [1.165, 1.54) is 0 Å². The van der Waals surface area contributed by atoms with Gasteiger partial charge in [0.25, 0.3) is 5.91 Å². The van der Waals surface area contributed by atoms with Gasteiger partial charge < -0.3 is 10.6 Å². The first kappa shape index (κ1) is 15.7. The molecule has 1 aromatic rings. The van der Waals surface area contributed by atoms with E-state index >= 15 is 0 Å². The molecule has 19 heavy (non-hydrogen) atoms. The number of nitrogens with one attached hydrogen (secondary N) is 2. The molecule has 0 heterocycles. The Bertz CT molecular complexity index is 472. The minimum absolute atomic E-state index is 0.0191. The van der Waals surface area contributed by atoms with Crippen molar-refractivity contribution in [1.82, 2.24) is 10.6 Å². The van der Waals surface area contributed by atoms with Crippen LogP contribution < -0.4 is 10.6 Å². The molecule has 0 aliphatic heterocycles. The lowest BCUT2D eigenvalue weighted by Crippen LogP contribution is -2.47. The van der Waals surface area contributed by atoms with Crippen molar-refractivity contribution in [2.45, 2.75) is 32.7 Å². The molecule has 0 aromatic heterocycles. The normalized spacial score (nSPS) is 10.9. The zero-order chi connectivity index (χ0) is 14.5. The average Bonchev–Trinajstić information content (AvgIpc) is 2.35. The lowest BCUT2D eigenvalue weighted by molar-refractivity contribution is -0.121. The lowest BCUT2D eigenvalue weighted by atomic mass is 10.0. The standard InChI is InChI=1S/C14H19BrN2O2/c1-4-14(2,3)17-12(18)9-16-13(19)10-6-5-7-11(15)8-10/h5-8H,4,9H2,1-3H3,(H,16,19)(H,17,18). The highest BCUT2D eigenvalue weighted by Gasteiger charge is 2.18. The molecule has 0 atom stereocenters. The van der Waals surface area contributed by atoms with Gasteiger partial charge in [0, 0.05) is 15.6 Å². The molecule has 5 heteroatoms. The van der Waals surface area contributed by atoms with Crippen molar-refractivity contribution in [2.75, 3.05) is 6.54 Å². The molecule has 0 aliphatic carbocycles. The predicted molar refractivity (Wildman–Crippen MR) is 79.0 cm³/mol. The van der Waals surface area contributed by atoms with Crippen LogP contribution in [0.25, 0.3) is 0 Å². The highest BCUT2D eigenvalue weighted by atomic mass is 79.9. The van der Waals surface area contributed by atoms with Crippen molar-refractivity contribution in [1.29, 1.82) is 0 Å². The minimum Gasteiger partial charge on any atom is -0.350 e. The second kappa shape index (κ2) is 6.70. The third kappa shape index (κ3) is 5.42. The van der Waals surface area contributed by atoms with Crippen LogP contribution >= 0.6 is 15.9 Å². The third-order valence-electron chi connectivity index (χ3n) is 2.86. The summed E-state index contributed by atoms with van der Waals surface area (Å²) in [5, 5.41) is 5.46. The van der Waals surface area contributed by atoms with E-state index in [1.54, 1.807) is 18.2 Å². The van der Waals surface area contributed by atoms with Crippen molar-refractivity contribution in [3.63, 3.8) is 0 Å². The number of benzene rings is 1. The molecule has 0 fully saturated rings. The molecule has 0 spiro atoms. The smallest absolute Gasteiger partial charge is 0.251 e. The highest BCUT2D eigenvalue weighted by molar-refractivity contribution is 9.10. The van der Waals surface area contributed by atoms with Gasteiger partial charge in [0.15, 0.2) is 0 Å². The molecule has 0 aliphatic rings. The monoisotopic (exact) mass is 326 g/mol. The number of hydrogen-bond donors (Lipinski definition) is 2. The van der Waals surface area contributed by atoms with Crippen molar-refractivity contribution >= 4 is 27.7 Å². The van der Waals surface area contributed by atoms with E-state index in [0.717, 1.165) is 10.9 Å². The fourth-order valence-corrected chi connectivity index (χ4v) is 1.80. The predicted octanol–water partition coefficient (Wildman–Crippen LogP) is 2.48. The molecule has 0 saturated heterocycles. The SMILES string of the molecule is CCC(C)(C)NC(=O)CNC(=O)c1cccc(Br)c1. The summed E-state index contributed by atoms with van der Waals surface area (Å²) in [7, 11) is 0. The van der Waals surface area contributed by atoms with E-state index in [1.807, 2.05) is 26.8 Å². The molecule has 4 nitrogen and oxygen atoms in total. The summed E-state index contributed by atoms with van der Waals surface area (Å²) in [6.45, 7) is 5.87. The molecule has 0 unspecified atom stereocenters. The van der Waals surface area contributed by atoms with Crippen LogP contribution in [0, 0.1) is 0 Å². The zero-order valence-electron chi connectivity index (χ0n) is 11.4. The summed E-state index contributed by atoms with van der Waals surface area (Å²) in [5.74, 6) is -0.444. The maximum absolute atomic E-state index is 11.8. The topological polar surface area (TPSA) is 58.2 Å². The van der Waals surface area contributed by atoms with Crippen LogP contribution in [-0.2, 0) is 4.79 Å². The first-order valence-corrected chi connectivity index (χ1v) is 6.98. The van der Waals surface area contributed by atoms with Gasteiger partial charge in [0.05, 0.1) is 6.54 Å². The first-order valence-electron chi connectivity index (χ1n) is 6.19. The number of amides is 2. The Kier molecular flexibility index (Phi) is 5.54. The number of hydrogen-bond acceptors (Lipinski definition) is 2.